The summed E-state index contributed by atoms with van der Waals surface area (Å²) < 4.78 is 0. The maximum Gasteiger partial charge on any atom is 0.169 e. The Bertz CT molecular complexity index is 480. The van der Waals surface area contributed by atoms with Gasteiger partial charge in [0.2, 0.25) is 0 Å². The Labute approximate surface area is 115 Å². The van der Waals surface area contributed by atoms with E-state index in [-0.39, 0.29) is 5.41 Å². The Morgan fingerprint density at radius 2 is 1.68 bits per heavy atom. The maximum absolute atomic E-state index is 12.9. The molecular formula is C18H22O. The highest BCUT2D eigenvalue weighted by atomic mass is 16.1. The van der Waals surface area contributed by atoms with Crippen LogP contribution in [0.25, 0.3) is 0 Å². The maximum atomic E-state index is 12.9. The summed E-state index contributed by atoms with van der Waals surface area (Å²) in [6.07, 6.45) is 11.4. The van der Waals surface area contributed by atoms with Gasteiger partial charge in [0.25, 0.3) is 0 Å². The summed E-state index contributed by atoms with van der Waals surface area (Å²) in [5, 5.41) is 0. The molecule has 1 fully saturated rings. The fourth-order valence-electron chi connectivity index (χ4n) is 3.23. The van der Waals surface area contributed by atoms with Crippen molar-refractivity contribution >= 4 is 5.78 Å². The molecule has 0 heterocycles. The molecule has 2 aliphatic carbocycles. The van der Waals surface area contributed by atoms with E-state index in [1.807, 2.05) is 6.07 Å². The lowest BCUT2D eigenvalue weighted by Crippen LogP contribution is -2.22. The number of carbonyl (C=O) groups excluding carboxylic acids is 1. The quantitative estimate of drug-likeness (QED) is 0.772. The lowest BCUT2D eigenvalue weighted by atomic mass is 9.84. The Hall–Kier alpha value is -1.37. The van der Waals surface area contributed by atoms with Gasteiger partial charge in [0, 0.05) is 0 Å². The summed E-state index contributed by atoms with van der Waals surface area (Å²) in [6.45, 7) is 0. The first-order chi connectivity index (χ1) is 9.33. The molecule has 1 saturated carbocycles. The van der Waals surface area contributed by atoms with Gasteiger partial charge >= 0.3 is 0 Å². The van der Waals surface area contributed by atoms with Crippen molar-refractivity contribution in [2.24, 2.45) is 0 Å². The van der Waals surface area contributed by atoms with Crippen LogP contribution in [0.3, 0.4) is 0 Å². The van der Waals surface area contributed by atoms with E-state index in [9.17, 15) is 4.79 Å². The number of ketones is 1. The Kier molecular flexibility index (Phi) is 3.54. The molecule has 0 amide bonds. The van der Waals surface area contributed by atoms with Gasteiger partial charge in [-0.15, -0.1) is 0 Å². The second-order valence-corrected chi connectivity index (χ2v) is 5.96. The fraction of sp³-hybridized carbons (Fsp3) is 0.500. The molecule has 1 nitrogen and oxygen atoms in total. The summed E-state index contributed by atoms with van der Waals surface area (Å²) >= 11 is 0. The first-order valence-electron chi connectivity index (χ1n) is 7.62. The molecule has 100 valence electrons. The minimum absolute atomic E-state index is 0.160. The first-order valence-corrected chi connectivity index (χ1v) is 7.62. The van der Waals surface area contributed by atoms with Crippen LogP contribution in [0.5, 0.6) is 0 Å². The number of allylic oxidation sites excluding steroid dienone is 2. The zero-order valence-corrected chi connectivity index (χ0v) is 11.5. The Balaban J connectivity index is 1.83. The second-order valence-electron chi connectivity index (χ2n) is 5.96. The third-order valence-electron chi connectivity index (χ3n) is 4.59. The molecule has 0 aromatic heterocycles. The van der Waals surface area contributed by atoms with E-state index >= 15 is 0 Å². The van der Waals surface area contributed by atoms with E-state index in [1.54, 1.807) is 0 Å². The molecule has 0 aliphatic heterocycles. The Morgan fingerprint density at radius 3 is 2.42 bits per heavy atom. The van der Waals surface area contributed by atoms with Crippen LogP contribution in [-0.4, -0.2) is 5.78 Å². The topological polar surface area (TPSA) is 17.1 Å². The van der Waals surface area contributed by atoms with Crippen LogP contribution in [0.15, 0.2) is 42.0 Å². The molecular weight excluding hydrogens is 232 g/mol. The van der Waals surface area contributed by atoms with Crippen LogP contribution >= 0.6 is 0 Å². The Morgan fingerprint density at radius 1 is 0.947 bits per heavy atom. The van der Waals surface area contributed by atoms with Gasteiger partial charge in [-0.1, -0.05) is 49.2 Å². The molecule has 0 N–H and O–H groups in total. The minimum Gasteiger partial charge on any atom is -0.294 e. The average Bonchev–Trinajstić information content (AvgIpc) is 3.20. The third kappa shape index (κ3) is 2.51. The number of benzene rings is 1. The van der Waals surface area contributed by atoms with Gasteiger partial charge in [0.15, 0.2) is 5.78 Å². The summed E-state index contributed by atoms with van der Waals surface area (Å²) in [5.74, 6) is 0.417. The molecule has 1 heteroatoms. The monoisotopic (exact) mass is 254 g/mol. The second kappa shape index (κ2) is 5.32. The zero-order valence-electron chi connectivity index (χ0n) is 11.5. The normalized spacial score (nSPS) is 24.7. The van der Waals surface area contributed by atoms with Crippen LogP contribution in [0.4, 0.5) is 0 Å². The predicted octanol–water partition coefficient (Wildman–Crippen LogP) is 4.57. The first kappa shape index (κ1) is 12.7. The molecule has 0 spiro atoms. The molecule has 0 unspecified atom stereocenters. The molecule has 1 aromatic rings. The summed E-state index contributed by atoms with van der Waals surface area (Å²) in [6, 6.07) is 10.4. The van der Waals surface area contributed by atoms with Crippen molar-refractivity contribution in [3.05, 3.63) is 47.5 Å². The highest BCUT2D eigenvalue weighted by Crippen LogP contribution is 2.50. The van der Waals surface area contributed by atoms with E-state index < -0.39 is 0 Å². The van der Waals surface area contributed by atoms with Gasteiger partial charge in [-0.05, 0) is 49.7 Å². The number of rotatable bonds is 3. The van der Waals surface area contributed by atoms with Crippen LogP contribution in [-0.2, 0) is 10.2 Å². The van der Waals surface area contributed by atoms with Crippen LogP contribution < -0.4 is 0 Å². The largest absolute Gasteiger partial charge is 0.294 e. The van der Waals surface area contributed by atoms with Crippen LogP contribution in [0, 0.1) is 0 Å². The lowest BCUT2D eigenvalue weighted by molar-refractivity contribution is -0.118. The van der Waals surface area contributed by atoms with Crippen molar-refractivity contribution in [1.82, 2.24) is 0 Å². The van der Waals surface area contributed by atoms with E-state index in [0.717, 1.165) is 31.3 Å². The molecule has 0 radical (unpaired) electrons. The molecule has 3 rings (SSSR count). The van der Waals surface area contributed by atoms with Crippen molar-refractivity contribution < 1.29 is 4.79 Å². The van der Waals surface area contributed by atoms with Crippen molar-refractivity contribution in [2.45, 2.75) is 56.8 Å². The fourth-order valence-corrected chi connectivity index (χ4v) is 3.23. The highest BCUT2D eigenvalue weighted by Gasteiger charge is 2.51. The number of hydrogen-bond donors (Lipinski definition) is 0. The number of hydrogen-bond acceptors (Lipinski definition) is 1. The van der Waals surface area contributed by atoms with E-state index in [0.29, 0.717) is 5.78 Å². The SMILES string of the molecule is O=C(/C1=C/CCCCCC1)C1(c2ccccc2)CC1. The predicted molar refractivity (Wildman–Crippen MR) is 78.1 cm³/mol. The van der Waals surface area contributed by atoms with E-state index in [4.69, 9.17) is 0 Å². The van der Waals surface area contributed by atoms with Crippen molar-refractivity contribution in [3.63, 3.8) is 0 Å². The lowest BCUT2D eigenvalue weighted by Gasteiger charge is -2.18. The highest BCUT2D eigenvalue weighted by molar-refractivity contribution is 6.05. The average molecular weight is 254 g/mol. The number of Topliss-reactive ketones (excluding diaryl/α,β-unsaturated/α-hetero) is 1. The summed E-state index contributed by atoms with van der Waals surface area (Å²) in [7, 11) is 0. The van der Waals surface area contributed by atoms with Crippen molar-refractivity contribution in [1.29, 1.82) is 0 Å². The van der Waals surface area contributed by atoms with Crippen molar-refractivity contribution in [3.8, 4) is 0 Å². The smallest absolute Gasteiger partial charge is 0.169 e. The minimum atomic E-state index is -0.160. The van der Waals surface area contributed by atoms with Gasteiger partial charge in [0.1, 0.15) is 0 Å². The molecule has 0 atom stereocenters. The molecule has 0 bridgehead atoms. The summed E-state index contributed by atoms with van der Waals surface area (Å²) in [4.78, 5) is 12.9. The van der Waals surface area contributed by atoms with Crippen molar-refractivity contribution in [2.75, 3.05) is 0 Å². The van der Waals surface area contributed by atoms with Gasteiger partial charge < -0.3 is 0 Å². The van der Waals surface area contributed by atoms with Crippen LogP contribution in [0.1, 0.15) is 56.9 Å². The standard InChI is InChI=1S/C18H22O/c19-17(15-9-5-2-1-3-6-10-15)18(13-14-18)16-11-7-4-8-12-16/h4,7-9,11-12H,1-3,5-6,10,13-14H2/b15-9+. The molecule has 1 aromatic carbocycles. The number of carbonyl (C=O) groups is 1. The molecule has 0 saturated heterocycles. The zero-order chi connectivity index (χ0) is 13.1. The van der Waals surface area contributed by atoms with Gasteiger partial charge in [0.05, 0.1) is 5.41 Å². The summed E-state index contributed by atoms with van der Waals surface area (Å²) in [5.41, 5.74) is 2.18. The third-order valence-corrected chi connectivity index (χ3v) is 4.59. The van der Waals surface area contributed by atoms with Gasteiger partial charge in [-0.2, -0.15) is 0 Å². The molecule has 19 heavy (non-hydrogen) atoms. The van der Waals surface area contributed by atoms with E-state index in [1.165, 1.54) is 31.2 Å². The molecule has 2 aliphatic rings. The van der Waals surface area contributed by atoms with E-state index in [2.05, 4.69) is 30.3 Å². The van der Waals surface area contributed by atoms with Gasteiger partial charge in [-0.3, -0.25) is 4.79 Å². The van der Waals surface area contributed by atoms with Gasteiger partial charge in [-0.25, -0.2) is 0 Å². The van der Waals surface area contributed by atoms with Crippen LogP contribution in [0.2, 0.25) is 0 Å².